The quantitative estimate of drug-likeness (QED) is 0.728. The van der Waals surface area contributed by atoms with Crippen LogP contribution in [0.1, 0.15) is 50.6 Å². The minimum absolute atomic E-state index is 0.102. The van der Waals surface area contributed by atoms with Gasteiger partial charge in [0.15, 0.2) is 0 Å². The van der Waals surface area contributed by atoms with E-state index in [1.165, 1.54) is 5.56 Å². The summed E-state index contributed by atoms with van der Waals surface area (Å²) in [5, 5.41) is 3.25. The molecule has 2 aromatic carbocycles. The van der Waals surface area contributed by atoms with Crippen LogP contribution in [0.15, 0.2) is 54.6 Å². The van der Waals surface area contributed by atoms with Crippen molar-refractivity contribution in [2.75, 3.05) is 6.54 Å². The standard InChI is InChI=1S/C25H27N3O/c1-23(2)24(3)14-15-25(23,22(29)26-16-13-17-9-5-4-6-10-17)21-20(24)27-18-11-7-8-12-19(18)28-21/h4-12H,13-16H2,1-3H3,(H,26,29)/t24-,25-/m1/s1. The lowest BCUT2D eigenvalue weighted by molar-refractivity contribution is -0.130. The van der Waals surface area contributed by atoms with Crippen LogP contribution in [0.25, 0.3) is 11.0 Å². The summed E-state index contributed by atoms with van der Waals surface area (Å²) in [6.07, 6.45) is 2.62. The van der Waals surface area contributed by atoms with Crippen LogP contribution in [0.3, 0.4) is 0 Å². The summed E-state index contributed by atoms with van der Waals surface area (Å²) in [6.45, 7) is 7.35. The normalized spacial score (nSPS) is 26.4. The molecule has 3 aromatic rings. The molecule has 4 heteroatoms. The summed E-state index contributed by atoms with van der Waals surface area (Å²) >= 11 is 0. The summed E-state index contributed by atoms with van der Waals surface area (Å²) < 4.78 is 0. The first-order valence-electron chi connectivity index (χ1n) is 10.5. The Labute approximate surface area is 171 Å². The molecule has 2 aliphatic carbocycles. The maximum Gasteiger partial charge on any atom is 0.232 e. The van der Waals surface area contributed by atoms with Crippen molar-refractivity contribution in [3.63, 3.8) is 0 Å². The highest BCUT2D eigenvalue weighted by Gasteiger charge is 2.73. The Morgan fingerprint density at radius 3 is 2.21 bits per heavy atom. The summed E-state index contributed by atoms with van der Waals surface area (Å²) in [4.78, 5) is 23.7. The van der Waals surface area contributed by atoms with Crippen molar-refractivity contribution < 1.29 is 4.79 Å². The molecule has 2 atom stereocenters. The van der Waals surface area contributed by atoms with Gasteiger partial charge in [0.1, 0.15) is 0 Å². The first kappa shape index (κ1) is 18.3. The molecule has 1 aromatic heterocycles. The topological polar surface area (TPSA) is 54.9 Å². The van der Waals surface area contributed by atoms with Gasteiger partial charge in [0.2, 0.25) is 5.91 Å². The van der Waals surface area contributed by atoms with Crippen LogP contribution >= 0.6 is 0 Å². The number of hydrogen-bond donors (Lipinski definition) is 1. The highest BCUT2D eigenvalue weighted by Crippen LogP contribution is 2.70. The Morgan fingerprint density at radius 2 is 1.52 bits per heavy atom. The lowest BCUT2D eigenvalue weighted by atomic mass is 9.63. The van der Waals surface area contributed by atoms with Crippen LogP contribution in [-0.4, -0.2) is 22.4 Å². The van der Waals surface area contributed by atoms with Gasteiger partial charge in [0, 0.05) is 12.0 Å². The Kier molecular flexibility index (Phi) is 3.86. The first-order chi connectivity index (χ1) is 13.9. The van der Waals surface area contributed by atoms with Gasteiger partial charge in [-0.2, -0.15) is 0 Å². The van der Waals surface area contributed by atoms with Crippen LogP contribution in [0.4, 0.5) is 0 Å². The number of amides is 1. The van der Waals surface area contributed by atoms with Gasteiger partial charge < -0.3 is 5.32 Å². The van der Waals surface area contributed by atoms with Gasteiger partial charge >= 0.3 is 0 Å². The summed E-state index contributed by atoms with van der Waals surface area (Å²) in [6, 6.07) is 18.3. The van der Waals surface area contributed by atoms with Gasteiger partial charge in [-0.25, -0.2) is 9.97 Å². The summed E-state index contributed by atoms with van der Waals surface area (Å²) in [7, 11) is 0. The highest BCUT2D eigenvalue weighted by molar-refractivity contribution is 5.92. The zero-order chi connectivity index (χ0) is 20.3. The molecule has 0 aliphatic heterocycles. The van der Waals surface area contributed by atoms with Crippen molar-refractivity contribution >= 4 is 16.9 Å². The van der Waals surface area contributed by atoms with Crippen molar-refractivity contribution in [1.82, 2.24) is 15.3 Å². The zero-order valence-corrected chi connectivity index (χ0v) is 17.3. The summed E-state index contributed by atoms with van der Waals surface area (Å²) in [5.41, 5.74) is 3.93. The second-order valence-electron chi connectivity index (χ2n) is 9.26. The van der Waals surface area contributed by atoms with E-state index in [0.29, 0.717) is 6.54 Å². The molecular weight excluding hydrogens is 358 g/mol. The predicted molar refractivity (Wildman–Crippen MR) is 115 cm³/mol. The number of hydrogen-bond acceptors (Lipinski definition) is 3. The molecule has 1 N–H and O–H groups in total. The van der Waals surface area contributed by atoms with E-state index < -0.39 is 5.41 Å². The van der Waals surface area contributed by atoms with E-state index in [0.717, 1.165) is 41.7 Å². The number of benzene rings is 2. The fraction of sp³-hybridized carbons (Fsp3) is 0.400. The minimum atomic E-state index is -0.620. The molecule has 1 saturated carbocycles. The van der Waals surface area contributed by atoms with Gasteiger partial charge in [-0.1, -0.05) is 63.2 Å². The molecule has 1 amide bonds. The van der Waals surface area contributed by atoms with Gasteiger partial charge in [-0.3, -0.25) is 4.79 Å². The number of nitrogens with one attached hydrogen (secondary N) is 1. The van der Waals surface area contributed by atoms with Crippen molar-refractivity contribution in [3.8, 4) is 0 Å². The molecule has 1 heterocycles. The fourth-order valence-corrected chi connectivity index (χ4v) is 5.67. The van der Waals surface area contributed by atoms with Gasteiger partial charge in [0.25, 0.3) is 0 Å². The Hall–Kier alpha value is -2.75. The van der Waals surface area contributed by atoms with E-state index >= 15 is 0 Å². The molecule has 2 aliphatic rings. The molecule has 2 bridgehead atoms. The van der Waals surface area contributed by atoms with Crippen LogP contribution in [0, 0.1) is 5.41 Å². The number of fused-ring (bicyclic) bond motifs is 6. The first-order valence-corrected chi connectivity index (χ1v) is 10.5. The molecule has 1 fully saturated rings. The molecule has 148 valence electrons. The van der Waals surface area contributed by atoms with E-state index in [9.17, 15) is 4.79 Å². The minimum Gasteiger partial charge on any atom is -0.355 e. The van der Waals surface area contributed by atoms with Crippen molar-refractivity contribution in [2.24, 2.45) is 5.41 Å². The second kappa shape index (κ2) is 6.12. The monoisotopic (exact) mass is 385 g/mol. The van der Waals surface area contributed by atoms with Crippen LogP contribution in [0.2, 0.25) is 0 Å². The zero-order valence-electron chi connectivity index (χ0n) is 17.3. The van der Waals surface area contributed by atoms with E-state index in [-0.39, 0.29) is 16.7 Å². The third-order valence-corrected chi connectivity index (χ3v) is 7.87. The summed E-state index contributed by atoms with van der Waals surface area (Å²) in [5.74, 6) is 0.102. The van der Waals surface area contributed by atoms with Gasteiger partial charge in [0.05, 0.1) is 27.8 Å². The fourth-order valence-electron chi connectivity index (χ4n) is 5.67. The molecule has 0 spiro atoms. The highest BCUT2D eigenvalue weighted by atomic mass is 16.2. The number of carbonyl (C=O) groups is 1. The molecule has 0 unspecified atom stereocenters. The number of aromatic nitrogens is 2. The number of nitrogens with zero attached hydrogens (tertiary/aromatic N) is 2. The third kappa shape index (κ3) is 2.29. The van der Waals surface area contributed by atoms with Crippen molar-refractivity contribution in [3.05, 3.63) is 71.5 Å². The Bertz CT molecular complexity index is 1110. The SMILES string of the molecule is CC1(C)[C@]2(C(=O)NCCc3ccccc3)CC[C@]1(C)c1nc3ccccc3nc12. The Morgan fingerprint density at radius 1 is 0.897 bits per heavy atom. The maximum atomic E-state index is 13.7. The van der Waals surface area contributed by atoms with Crippen LogP contribution in [0.5, 0.6) is 0 Å². The smallest absolute Gasteiger partial charge is 0.232 e. The molecule has 4 nitrogen and oxygen atoms in total. The largest absolute Gasteiger partial charge is 0.355 e. The average molecular weight is 386 g/mol. The van der Waals surface area contributed by atoms with Crippen molar-refractivity contribution in [2.45, 2.75) is 50.9 Å². The maximum absolute atomic E-state index is 13.7. The average Bonchev–Trinajstić information content (AvgIpc) is 3.02. The lowest BCUT2D eigenvalue weighted by Gasteiger charge is -2.39. The third-order valence-electron chi connectivity index (χ3n) is 7.87. The lowest BCUT2D eigenvalue weighted by Crippen LogP contribution is -2.51. The Balaban J connectivity index is 1.53. The molecule has 29 heavy (non-hydrogen) atoms. The van der Waals surface area contributed by atoms with Gasteiger partial charge in [-0.05, 0) is 42.4 Å². The predicted octanol–water partition coefficient (Wildman–Crippen LogP) is 4.32. The van der Waals surface area contributed by atoms with E-state index in [1.807, 2.05) is 42.5 Å². The van der Waals surface area contributed by atoms with E-state index in [2.05, 4.69) is 38.2 Å². The van der Waals surface area contributed by atoms with Gasteiger partial charge in [-0.15, -0.1) is 0 Å². The molecule has 0 saturated heterocycles. The number of para-hydroxylation sites is 2. The molecule has 0 radical (unpaired) electrons. The second-order valence-corrected chi connectivity index (χ2v) is 9.26. The van der Waals surface area contributed by atoms with Crippen LogP contribution < -0.4 is 5.32 Å². The molecule has 5 rings (SSSR count). The van der Waals surface area contributed by atoms with Crippen LogP contribution in [-0.2, 0) is 22.0 Å². The molecular formula is C25H27N3O. The number of rotatable bonds is 4. The number of carbonyl (C=O) groups excluding carboxylic acids is 1. The van der Waals surface area contributed by atoms with E-state index in [4.69, 9.17) is 9.97 Å². The van der Waals surface area contributed by atoms with Crippen molar-refractivity contribution in [1.29, 1.82) is 0 Å². The van der Waals surface area contributed by atoms with E-state index in [1.54, 1.807) is 0 Å².